The van der Waals surface area contributed by atoms with Crippen molar-refractivity contribution in [3.05, 3.63) is 64.2 Å². The van der Waals surface area contributed by atoms with E-state index in [-0.39, 0.29) is 12.0 Å². The minimum Gasteiger partial charge on any atom is -0.494 e. The lowest BCUT2D eigenvalue weighted by Gasteiger charge is -2.42. The average molecular weight is 435 g/mol. The van der Waals surface area contributed by atoms with Crippen LogP contribution < -0.4 is 4.74 Å². The smallest absolute Gasteiger partial charge is 0.187 e. The lowest BCUT2D eigenvalue weighted by molar-refractivity contribution is -0.294. The molecule has 0 saturated carbocycles. The fraction of sp³-hybridized carbons (Fsp3) is 0.500. The van der Waals surface area contributed by atoms with Crippen molar-refractivity contribution in [3.63, 3.8) is 0 Å². The molecule has 2 aromatic carbocycles. The Morgan fingerprint density at radius 1 is 1.07 bits per heavy atom. The van der Waals surface area contributed by atoms with Crippen molar-refractivity contribution in [2.75, 3.05) is 6.61 Å². The van der Waals surface area contributed by atoms with Gasteiger partial charge in [0.15, 0.2) is 6.29 Å². The van der Waals surface area contributed by atoms with Gasteiger partial charge in [0.2, 0.25) is 0 Å². The van der Waals surface area contributed by atoms with E-state index in [9.17, 15) is 10.2 Å². The van der Waals surface area contributed by atoms with Gasteiger partial charge in [-0.05, 0) is 62.1 Å². The molecule has 5 atom stereocenters. The predicted molar refractivity (Wildman–Crippen MR) is 117 cm³/mol. The second-order valence-corrected chi connectivity index (χ2v) is 8.46. The standard InChI is InChI=1S/C24H31ClO5/c1-5-28-19-9-6-16(7-10-19)12-18-13-17(8-11-20(18)25)23-15(4)21(26)22(27)24(30-23)29-14(2)3/h6-11,13-15,21-24,26-27H,5,12H2,1-4H3/t15-,21-,22+,23-,24-/m1/s1. The average Bonchev–Trinajstić information content (AvgIpc) is 2.71. The maximum Gasteiger partial charge on any atom is 0.187 e. The molecule has 1 saturated heterocycles. The third kappa shape index (κ3) is 5.34. The number of benzene rings is 2. The third-order valence-corrected chi connectivity index (χ3v) is 5.73. The lowest BCUT2D eigenvalue weighted by atomic mass is 9.86. The van der Waals surface area contributed by atoms with Crippen LogP contribution >= 0.6 is 11.6 Å². The molecule has 1 aliphatic heterocycles. The van der Waals surface area contributed by atoms with E-state index in [2.05, 4.69) is 0 Å². The Kier molecular flexibility index (Phi) is 7.77. The van der Waals surface area contributed by atoms with Gasteiger partial charge in [0.25, 0.3) is 0 Å². The molecule has 3 rings (SSSR count). The van der Waals surface area contributed by atoms with E-state index in [0.717, 1.165) is 22.4 Å². The van der Waals surface area contributed by atoms with Gasteiger partial charge < -0.3 is 24.4 Å². The number of aliphatic hydroxyl groups excluding tert-OH is 2. The highest BCUT2D eigenvalue weighted by molar-refractivity contribution is 6.31. The van der Waals surface area contributed by atoms with Gasteiger partial charge in [-0.25, -0.2) is 0 Å². The summed E-state index contributed by atoms with van der Waals surface area (Å²) in [5.41, 5.74) is 2.98. The Balaban J connectivity index is 1.82. The van der Waals surface area contributed by atoms with Gasteiger partial charge in [0.05, 0.1) is 24.9 Å². The van der Waals surface area contributed by atoms with E-state index >= 15 is 0 Å². The topological polar surface area (TPSA) is 68.2 Å². The zero-order chi connectivity index (χ0) is 21.8. The first-order chi connectivity index (χ1) is 14.3. The summed E-state index contributed by atoms with van der Waals surface area (Å²) in [7, 11) is 0. The summed E-state index contributed by atoms with van der Waals surface area (Å²) in [6, 6.07) is 13.7. The molecule has 0 unspecified atom stereocenters. The number of aliphatic hydroxyl groups is 2. The van der Waals surface area contributed by atoms with Gasteiger partial charge in [-0.15, -0.1) is 0 Å². The molecule has 2 N–H and O–H groups in total. The summed E-state index contributed by atoms with van der Waals surface area (Å²) in [6.45, 7) is 8.19. The molecule has 6 heteroatoms. The third-order valence-electron chi connectivity index (χ3n) is 5.36. The van der Waals surface area contributed by atoms with Gasteiger partial charge in [-0.2, -0.15) is 0 Å². The molecule has 0 aliphatic carbocycles. The fourth-order valence-corrected chi connectivity index (χ4v) is 3.94. The number of rotatable bonds is 7. The first-order valence-electron chi connectivity index (χ1n) is 10.5. The molecule has 0 radical (unpaired) electrons. The van der Waals surface area contributed by atoms with E-state index in [1.165, 1.54) is 0 Å². The maximum absolute atomic E-state index is 10.5. The molecular formula is C24H31ClO5. The van der Waals surface area contributed by atoms with Crippen LogP contribution in [0.2, 0.25) is 5.02 Å². The molecule has 1 heterocycles. The van der Waals surface area contributed by atoms with Crippen LogP contribution in [0, 0.1) is 5.92 Å². The highest BCUT2D eigenvalue weighted by atomic mass is 35.5. The van der Waals surface area contributed by atoms with Crippen molar-refractivity contribution in [1.82, 2.24) is 0 Å². The second kappa shape index (κ2) is 10.1. The maximum atomic E-state index is 10.5. The molecule has 164 valence electrons. The summed E-state index contributed by atoms with van der Waals surface area (Å²) in [6.07, 6.45) is -2.80. The number of halogens is 1. The number of ether oxygens (including phenoxy) is 3. The van der Waals surface area contributed by atoms with Crippen LogP contribution in [-0.2, 0) is 15.9 Å². The molecule has 0 aromatic heterocycles. The zero-order valence-corrected chi connectivity index (χ0v) is 18.7. The van der Waals surface area contributed by atoms with Crippen molar-refractivity contribution < 1.29 is 24.4 Å². The van der Waals surface area contributed by atoms with E-state index in [4.69, 9.17) is 25.8 Å². The highest BCUT2D eigenvalue weighted by Crippen LogP contribution is 2.38. The lowest BCUT2D eigenvalue weighted by Crippen LogP contribution is -2.52. The molecule has 1 aliphatic rings. The quantitative estimate of drug-likeness (QED) is 0.671. The summed E-state index contributed by atoms with van der Waals surface area (Å²) >= 11 is 6.47. The SMILES string of the molecule is CCOc1ccc(Cc2cc([C@@H]3O[C@@H](OC(C)C)[C@@H](O)[C@H](O)[C@H]3C)ccc2Cl)cc1. The van der Waals surface area contributed by atoms with Crippen molar-refractivity contribution in [2.24, 2.45) is 5.92 Å². The molecule has 1 fully saturated rings. The predicted octanol–water partition coefficient (Wildman–Crippen LogP) is 4.51. The minimum absolute atomic E-state index is 0.133. The first kappa shape index (κ1) is 23.0. The van der Waals surface area contributed by atoms with Crippen LogP contribution in [0.15, 0.2) is 42.5 Å². The van der Waals surface area contributed by atoms with Crippen LogP contribution in [0.25, 0.3) is 0 Å². The monoisotopic (exact) mass is 434 g/mol. The molecular weight excluding hydrogens is 404 g/mol. The summed E-state index contributed by atoms with van der Waals surface area (Å²) in [5, 5.41) is 21.6. The van der Waals surface area contributed by atoms with E-state index in [1.54, 1.807) is 0 Å². The number of hydrogen-bond acceptors (Lipinski definition) is 5. The van der Waals surface area contributed by atoms with Crippen molar-refractivity contribution in [1.29, 1.82) is 0 Å². The van der Waals surface area contributed by atoms with Gasteiger partial charge in [-0.3, -0.25) is 0 Å². The van der Waals surface area contributed by atoms with Crippen LogP contribution in [0.1, 0.15) is 50.5 Å². The van der Waals surface area contributed by atoms with Crippen LogP contribution in [0.3, 0.4) is 0 Å². The van der Waals surface area contributed by atoms with Crippen molar-refractivity contribution in [2.45, 2.75) is 64.8 Å². The van der Waals surface area contributed by atoms with E-state index < -0.39 is 24.6 Å². The molecule has 5 nitrogen and oxygen atoms in total. The minimum atomic E-state index is -1.09. The molecule has 0 bridgehead atoms. The van der Waals surface area contributed by atoms with Gasteiger partial charge >= 0.3 is 0 Å². The van der Waals surface area contributed by atoms with Crippen molar-refractivity contribution >= 4 is 11.6 Å². The molecule has 0 amide bonds. The Bertz CT molecular complexity index is 823. The van der Waals surface area contributed by atoms with Crippen molar-refractivity contribution in [3.8, 4) is 5.75 Å². The zero-order valence-electron chi connectivity index (χ0n) is 17.9. The summed E-state index contributed by atoms with van der Waals surface area (Å²) < 4.78 is 17.3. The highest BCUT2D eigenvalue weighted by Gasteiger charge is 2.43. The first-order valence-corrected chi connectivity index (χ1v) is 10.8. The Morgan fingerprint density at radius 3 is 2.40 bits per heavy atom. The molecule has 2 aromatic rings. The van der Waals surface area contributed by atoms with Crippen LogP contribution in [0.5, 0.6) is 5.75 Å². The van der Waals surface area contributed by atoms with Crippen LogP contribution in [-0.4, -0.2) is 41.4 Å². The molecule has 0 spiro atoms. The second-order valence-electron chi connectivity index (χ2n) is 8.05. The summed E-state index contributed by atoms with van der Waals surface area (Å²) in [4.78, 5) is 0. The summed E-state index contributed by atoms with van der Waals surface area (Å²) in [5.74, 6) is 0.542. The van der Waals surface area contributed by atoms with E-state index in [0.29, 0.717) is 18.1 Å². The Labute approximate surface area is 183 Å². The van der Waals surface area contributed by atoms with Crippen LogP contribution in [0.4, 0.5) is 0 Å². The molecule has 30 heavy (non-hydrogen) atoms. The van der Waals surface area contributed by atoms with Gasteiger partial charge in [-0.1, -0.05) is 42.8 Å². The Hall–Kier alpha value is -1.63. The van der Waals surface area contributed by atoms with E-state index in [1.807, 2.05) is 70.2 Å². The largest absolute Gasteiger partial charge is 0.494 e. The Morgan fingerprint density at radius 2 is 1.77 bits per heavy atom. The van der Waals surface area contributed by atoms with Gasteiger partial charge in [0.1, 0.15) is 11.9 Å². The fourth-order valence-electron chi connectivity index (χ4n) is 3.76. The number of hydrogen-bond donors (Lipinski definition) is 2. The normalized spacial score (nSPS) is 26.7. The van der Waals surface area contributed by atoms with Gasteiger partial charge in [0, 0.05) is 10.9 Å².